The largest absolute Gasteiger partial charge is 0.378 e. The smallest absolute Gasteiger partial charge is 0.320 e. The van der Waals surface area contributed by atoms with E-state index in [-0.39, 0.29) is 17.9 Å². The number of hydrogen-bond donors (Lipinski definition) is 1. The lowest BCUT2D eigenvalue weighted by atomic mass is 9.90. The quantitative estimate of drug-likeness (QED) is 0.809. The predicted octanol–water partition coefficient (Wildman–Crippen LogP) is 1.84. The molecule has 0 atom stereocenters. The zero-order valence-corrected chi connectivity index (χ0v) is 18.3. The van der Waals surface area contributed by atoms with Crippen molar-refractivity contribution in [2.24, 2.45) is 7.05 Å². The fraction of sp³-hybridized carbons (Fsp3) is 0.636. The second kappa shape index (κ2) is 8.11. The summed E-state index contributed by atoms with van der Waals surface area (Å²) in [6.07, 6.45) is 3.93. The van der Waals surface area contributed by atoms with Gasteiger partial charge in [-0.1, -0.05) is 0 Å². The lowest BCUT2D eigenvalue weighted by molar-refractivity contribution is 0.0411. The van der Waals surface area contributed by atoms with Crippen LogP contribution in [0.1, 0.15) is 59.3 Å². The maximum absolute atomic E-state index is 12.8. The van der Waals surface area contributed by atoms with Crippen molar-refractivity contribution in [3.63, 3.8) is 0 Å². The van der Waals surface area contributed by atoms with Crippen molar-refractivity contribution in [2.75, 3.05) is 46.4 Å². The average Bonchev–Trinajstić information content (AvgIpc) is 3.62. The predicted molar refractivity (Wildman–Crippen MR) is 115 cm³/mol. The zero-order valence-electron chi connectivity index (χ0n) is 18.3. The van der Waals surface area contributed by atoms with Gasteiger partial charge in [-0.05, 0) is 31.7 Å². The molecule has 1 saturated carbocycles. The Morgan fingerprint density at radius 1 is 1.03 bits per heavy atom. The number of piperidine rings is 1. The third kappa shape index (κ3) is 3.75. The Morgan fingerprint density at radius 3 is 2.35 bits per heavy atom. The summed E-state index contributed by atoms with van der Waals surface area (Å²) < 4.78 is 7.17. The van der Waals surface area contributed by atoms with E-state index in [0.717, 1.165) is 48.1 Å². The van der Waals surface area contributed by atoms with Crippen LogP contribution in [0.25, 0.3) is 11.0 Å². The summed E-state index contributed by atoms with van der Waals surface area (Å²) in [5.74, 6) is 0.568. The molecule has 0 unspecified atom stereocenters. The van der Waals surface area contributed by atoms with Crippen molar-refractivity contribution < 1.29 is 14.3 Å². The average molecular weight is 427 g/mol. The van der Waals surface area contributed by atoms with Gasteiger partial charge in [-0.2, -0.15) is 5.10 Å². The molecule has 1 aliphatic carbocycles. The Bertz CT molecular complexity index is 1000. The van der Waals surface area contributed by atoms with Crippen LogP contribution in [0.3, 0.4) is 0 Å². The highest BCUT2D eigenvalue weighted by Crippen LogP contribution is 2.41. The fourth-order valence-corrected chi connectivity index (χ4v) is 4.78. The molecule has 2 saturated heterocycles. The number of pyridine rings is 1. The molecule has 3 amide bonds. The molecule has 0 spiro atoms. The van der Waals surface area contributed by atoms with Gasteiger partial charge in [0.1, 0.15) is 0 Å². The van der Waals surface area contributed by atoms with Crippen LogP contribution in [-0.4, -0.2) is 82.9 Å². The summed E-state index contributed by atoms with van der Waals surface area (Å²) in [4.78, 5) is 34.2. The standard InChI is InChI=1S/C22H30N6O3/c1-23-21(29)16-13-17(14-3-4-14)24-20-18(16)19(25-26(20)2)15-5-7-27(8-6-15)22(30)28-9-11-31-12-10-28/h13-15H,3-12H2,1-2H3,(H,23,29). The molecule has 0 aromatic carbocycles. The van der Waals surface area contributed by atoms with Gasteiger partial charge >= 0.3 is 6.03 Å². The molecular formula is C22H30N6O3. The number of nitrogens with zero attached hydrogens (tertiary/aromatic N) is 5. The van der Waals surface area contributed by atoms with E-state index in [0.29, 0.717) is 50.9 Å². The first-order chi connectivity index (χ1) is 15.1. The second-order valence-corrected chi connectivity index (χ2v) is 8.80. The number of carbonyl (C=O) groups is 2. The number of fused-ring (bicyclic) bond motifs is 1. The Labute approximate surface area is 181 Å². The lowest BCUT2D eigenvalue weighted by Crippen LogP contribution is -2.50. The van der Waals surface area contributed by atoms with Crippen LogP contribution in [-0.2, 0) is 11.8 Å². The third-order valence-electron chi connectivity index (χ3n) is 6.74. The molecule has 1 N–H and O–H groups in total. The molecule has 31 heavy (non-hydrogen) atoms. The number of amides is 3. The summed E-state index contributed by atoms with van der Waals surface area (Å²) in [5.41, 5.74) is 3.38. The number of ether oxygens (including phenoxy) is 1. The molecule has 166 valence electrons. The Balaban J connectivity index is 1.40. The van der Waals surface area contributed by atoms with E-state index >= 15 is 0 Å². The molecule has 5 rings (SSSR count). The summed E-state index contributed by atoms with van der Waals surface area (Å²) in [6, 6.07) is 2.07. The van der Waals surface area contributed by atoms with Gasteiger partial charge in [0.05, 0.1) is 29.9 Å². The number of urea groups is 1. The van der Waals surface area contributed by atoms with Gasteiger partial charge in [0.25, 0.3) is 5.91 Å². The van der Waals surface area contributed by atoms with Gasteiger partial charge in [-0.25, -0.2) is 9.78 Å². The molecule has 9 nitrogen and oxygen atoms in total. The second-order valence-electron chi connectivity index (χ2n) is 8.80. The highest BCUT2D eigenvalue weighted by atomic mass is 16.5. The van der Waals surface area contributed by atoms with Gasteiger partial charge in [0, 0.05) is 57.8 Å². The number of nitrogens with one attached hydrogen (secondary N) is 1. The van der Waals surface area contributed by atoms with E-state index in [4.69, 9.17) is 14.8 Å². The van der Waals surface area contributed by atoms with Crippen molar-refractivity contribution in [1.82, 2.24) is 29.9 Å². The van der Waals surface area contributed by atoms with Gasteiger partial charge in [0.15, 0.2) is 5.65 Å². The van der Waals surface area contributed by atoms with E-state index in [2.05, 4.69) is 5.32 Å². The first-order valence-corrected chi connectivity index (χ1v) is 11.3. The number of morpholine rings is 1. The maximum Gasteiger partial charge on any atom is 0.320 e. The Morgan fingerprint density at radius 2 is 1.71 bits per heavy atom. The van der Waals surface area contributed by atoms with Crippen molar-refractivity contribution >= 4 is 23.0 Å². The van der Waals surface area contributed by atoms with Gasteiger partial charge in [-0.3, -0.25) is 9.48 Å². The van der Waals surface area contributed by atoms with E-state index in [1.165, 1.54) is 0 Å². The monoisotopic (exact) mass is 426 g/mol. The van der Waals surface area contributed by atoms with E-state index in [9.17, 15) is 9.59 Å². The van der Waals surface area contributed by atoms with Crippen LogP contribution in [0, 0.1) is 0 Å². The molecule has 9 heteroatoms. The van der Waals surface area contributed by atoms with Crippen LogP contribution in [0.4, 0.5) is 4.79 Å². The van der Waals surface area contributed by atoms with Crippen LogP contribution < -0.4 is 5.32 Å². The number of likely N-dealkylation sites (tertiary alicyclic amines) is 1. The molecule has 3 aliphatic rings. The number of hydrogen-bond acceptors (Lipinski definition) is 5. The molecule has 2 aromatic heterocycles. The first kappa shape index (κ1) is 20.2. The molecule has 0 radical (unpaired) electrons. The SMILES string of the molecule is CNC(=O)c1cc(C2CC2)nc2c1c(C1CCN(C(=O)N3CCOCC3)CC1)nn2C. The number of aromatic nitrogens is 3. The minimum Gasteiger partial charge on any atom is -0.378 e. The Hall–Kier alpha value is -2.68. The fourth-order valence-electron chi connectivity index (χ4n) is 4.78. The minimum atomic E-state index is -0.0940. The van der Waals surface area contributed by atoms with Gasteiger partial charge in [-0.15, -0.1) is 0 Å². The summed E-state index contributed by atoms with van der Waals surface area (Å²) in [7, 11) is 3.57. The number of aryl methyl sites for hydroxylation is 1. The van der Waals surface area contributed by atoms with Gasteiger partial charge < -0.3 is 19.9 Å². The van der Waals surface area contributed by atoms with Crippen molar-refractivity contribution in [3.8, 4) is 0 Å². The number of rotatable bonds is 3. The highest BCUT2D eigenvalue weighted by Gasteiger charge is 2.33. The Kier molecular flexibility index (Phi) is 5.29. The van der Waals surface area contributed by atoms with Crippen molar-refractivity contribution in [1.29, 1.82) is 0 Å². The summed E-state index contributed by atoms with van der Waals surface area (Å²) in [5, 5.41) is 8.47. The highest BCUT2D eigenvalue weighted by molar-refractivity contribution is 6.06. The van der Waals surface area contributed by atoms with Crippen LogP contribution >= 0.6 is 0 Å². The van der Waals surface area contributed by atoms with Crippen molar-refractivity contribution in [2.45, 2.75) is 37.5 Å². The molecule has 2 aliphatic heterocycles. The molecular weight excluding hydrogens is 396 g/mol. The first-order valence-electron chi connectivity index (χ1n) is 11.3. The maximum atomic E-state index is 12.8. The van der Waals surface area contributed by atoms with Crippen LogP contribution in [0.15, 0.2) is 6.07 Å². The summed E-state index contributed by atoms with van der Waals surface area (Å²) >= 11 is 0. The molecule has 4 heterocycles. The number of carbonyl (C=O) groups excluding carboxylic acids is 2. The molecule has 0 bridgehead atoms. The van der Waals surface area contributed by atoms with Crippen molar-refractivity contribution in [3.05, 3.63) is 23.0 Å². The topological polar surface area (TPSA) is 92.6 Å². The molecule has 3 fully saturated rings. The van der Waals surface area contributed by atoms with Crippen LogP contribution in [0.5, 0.6) is 0 Å². The normalized spacial score (nSPS) is 20.3. The van der Waals surface area contributed by atoms with E-state index in [1.807, 2.05) is 27.6 Å². The van der Waals surface area contributed by atoms with E-state index in [1.54, 1.807) is 7.05 Å². The molecule has 2 aromatic rings. The lowest BCUT2D eigenvalue weighted by Gasteiger charge is -2.36. The van der Waals surface area contributed by atoms with Gasteiger partial charge in [0.2, 0.25) is 0 Å². The van der Waals surface area contributed by atoms with Crippen LogP contribution in [0.2, 0.25) is 0 Å². The third-order valence-corrected chi connectivity index (χ3v) is 6.74. The minimum absolute atomic E-state index is 0.0940. The summed E-state index contributed by atoms with van der Waals surface area (Å²) in [6.45, 7) is 3.94. The zero-order chi connectivity index (χ0) is 21.5. The van der Waals surface area contributed by atoms with E-state index < -0.39 is 0 Å².